The Kier molecular flexibility index (Phi) is 7.33. The van der Waals surface area contributed by atoms with Crippen molar-refractivity contribution in [3.05, 3.63) is 71.4 Å². The first-order chi connectivity index (χ1) is 16.5. The Morgan fingerprint density at radius 1 is 0.943 bits per heavy atom. The monoisotopic (exact) mass is 486 g/mol. The summed E-state index contributed by atoms with van der Waals surface area (Å²) in [5, 5.41) is 7.78. The van der Waals surface area contributed by atoms with Gasteiger partial charge in [0.25, 0.3) is 17.6 Å². The van der Waals surface area contributed by atoms with Crippen LogP contribution in [-0.4, -0.2) is 53.6 Å². The molecule has 0 spiro atoms. The first kappa shape index (κ1) is 25.1. The molecule has 0 bridgehead atoms. The first-order valence-corrected chi connectivity index (χ1v) is 10.2. The van der Waals surface area contributed by atoms with Crippen LogP contribution < -0.4 is 16.0 Å². The third-order valence-electron chi connectivity index (χ3n) is 4.75. The summed E-state index contributed by atoms with van der Waals surface area (Å²) >= 11 is 0. The van der Waals surface area contributed by atoms with E-state index in [9.17, 15) is 27.6 Å². The second-order valence-corrected chi connectivity index (χ2v) is 7.43. The quantitative estimate of drug-likeness (QED) is 0.345. The molecule has 0 atom stereocenters. The Hall–Kier alpha value is -4.48. The van der Waals surface area contributed by atoms with Crippen molar-refractivity contribution in [1.29, 1.82) is 0 Å². The van der Waals surface area contributed by atoms with Gasteiger partial charge in [-0.15, -0.1) is 0 Å². The number of amides is 2. The lowest BCUT2D eigenvalue weighted by molar-refractivity contribution is -0.137. The zero-order chi connectivity index (χ0) is 25.8. The number of hydrogen-bond acceptors (Lipinski definition) is 7. The minimum atomic E-state index is -4.80. The number of para-hydroxylation sites is 1. The minimum absolute atomic E-state index is 0.0298. The molecular formula is C23H21F3N6O3. The Bertz CT molecular complexity index is 1260. The lowest BCUT2D eigenvalue weighted by Gasteiger charge is -2.17. The zero-order valence-electron chi connectivity index (χ0n) is 18.9. The smallest absolute Gasteiger partial charge is 0.355 e. The van der Waals surface area contributed by atoms with Crippen LogP contribution in [0.2, 0.25) is 0 Å². The van der Waals surface area contributed by atoms with Crippen molar-refractivity contribution in [1.82, 2.24) is 20.2 Å². The summed E-state index contributed by atoms with van der Waals surface area (Å²) in [6.07, 6.45) is -4.19. The molecule has 1 heterocycles. The number of Topliss-reactive ketones (excluding diaryl/α,β-unsaturated/α-hetero) is 1. The summed E-state index contributed by atoms with van der Waals surface area (Å²) in [5.41, 5.74) is -0.493. The van der Waals surface area contributed by atoms with Crippen LogP contribution in [0, 0.1) is 0 Å². The predicted molar refractivity (Wildman–Crippen MR) is 123 cm³/mol. The van der Waals surface area contributed by atoms with Crippen LogP contribution in [0.5, 0.6) is 0 Å². The highest BCUT2D eigenvalue weighted by Crippen LogP contribution is 2.36. The molecule has 182 valence electrons. The molecule has 1 aromatic heterocycles. The molecule has 3 rings (SSSR count). The van der Waals surface area contributed by atoms with Crippen molar-refractivity contribution in [2.45, 2.75) is 6.18 Å². The molecule has 0 radical (unpaired) electrons. The van der Waals surface area contributed by atoms with E-state index in [1.165, 1.54) is 57.5 Å². The van der Waals surface area contributed by atoms with E-state index in [0.717, 1.165) is 4.90 Å². The van der Waals surface area contributed by atoms with E-state index >= 15 is 0 Å². The molecule has 35 heavy (non-hydrogen) atoms. The normalized spacial score (nSPS) is 10.9. The first-order valence-electron chi connectivity index (χ1n) is 10.2. The lowest BCUT2D eigenvalue weighted by Crippen LogP contribution is -2.30. The zero-order valence-corrected chi connectivity index (χ0v) is 18.9. The molecule has 9 nitrogen and oxygen atoms in total. The van der Waals surface area contributed by atoms with Gasteiger partial charge in [-0.1, -0.05) is 12.1 Å². The van der Waals surface area contributed by atoms with Gasteiger partial charge in [-0.25, -0.2) is 4.98 Å². The van der Waals surface area contributed by atoms with E-state index in [0.29, 0.717) is 17.4 Å². The summed E-state index contributed by atoms with van der Waals surface area (Å²) in [5.74, 6) is -2.80. The highest BCUT2D eigenvalue weighted by Gasteiger charge is 2.36. The van der Waals surface area contributed by atoms with E-state index in [1.807, 2.05) is 0 Å². The van der Waals surface area contributed by atoms with Crippen molar-refractivity contribution < 1.29 is 27.6 Å². The Morgan fingerprint density at radius 3 is 2.20 bits per heavy atom. The minimum Gasteiger partial charge on any atom is -0.355 e. The number of nitrogens with one attached hydrogen (secondary N) is 3. The fraction of sp³-hybridized carbons (Fsp3) is 0.174. The second kappa shape index (κ2) is 10.2. The number of aromatic nitrogens is 2. The van der Waals surface area contributed by atoms with Gasteiger partial charge in [0.2, 0.25) is 5.95 Å². The molecule has 2 amide bonds. The maximum Gasteiger partial charge on any atom is 0.421 e. The molecule has 2 aromatic carbocycles. The van der Waals surface area contributed by atoms with E-state index in [1.54, 1.807) is 12.1 Å². The molecule has 0 saturated heterocycles. The number of halogens is 3. The number of carbonyl (C=O) groups is 3. The molecule has 0 saturated carbocycles. The van der Waals surface area contributed by atoms with Crippen molar-refractivity contribution in [2.75, 3.05) is 31.8 Å². The van der Waals surface area contributed by atoms with E-state index in [-0.39, 0.29) is 23.1 Å². The maximum atomic E-state index is 13.7. The lowest BCUT2D eigenvalue weighted by atomic mass is 10.1. The third kappa shape index (κ3) is 5.91. The van der Waals surface area contributed by atoms with Crippen LogP contribution in [0.3, 0.4) is 0 Å². The largest absolute Gasteiger partial charge is 0.421 e. The third-order valence-corrected chi connectivity index (χ3v) is 4.75. The summed E-state index contributed by atoms with van der Waals surface area (Å²) in [6, 6.07) is 11.8. The van der Waals surface area contributed by atoms with Gasteiger partial charge in [0, 0.05) is 38.6 Å². The number of hydrogen-bond donors (Lipinski definition) is 3. The van der Waals surface area contributed by atoms with Crippen LogP contribution in [-0.2, 0) is 11.0 Å². The summed E-state index contributed by atoms with van der Waals surface area (Å²) in [4.78, 5) is 45.1. The molecule has 0 aliphatic carbocycles. The molecule has 0 fully saturated rings. The van der Waals surface area contributed by atoms with Crippen molar-refractivity contribution in [3.63, 3.8) is 0 Å². The average molecular weight is 486 g/mol. The number of likely N-dealkylation sites (N-methyl/N-ethyl adjacent to an activating group) is 1. The Morgan fingerprint density at radius 2 is 1.60 bits per heavy atom. The molecule has 3 N–H and O–H groups in total. The highest BCUT2D eigenvalue weighted by molar-refractivity contribution is 6.43. The van der Waals surface area contributed by atoms with Gasteiger partial charge in [0.1, 0.15) is 11.4 Å². The summed E-state index contributed by atoms with van der Waals surface area (Å²) in [7, 11) is 4.27. The maximum absolute atomic E-state index is 13.7. The SMILES string of the molecule is CNC(=O)c1ccc(Nc2ncc(C(F)(F)F)c(Nc3ccccc3C(=O)C(=O)N(C)C)n2)cc1. The fourth-order valence-corrected chi connectivity index (χ4v) is 2.96. The number of rotatable bonds is 7. The van der Waals surface area contributed by atoms with Crippen LogP contribution in [0.4, 0.5) is 36.3 Å². The van der Waals surface area contributed by atoms with Gasteiger partial charge < -0.3 is 20.9 Å². The topological polar surface area (TPSA) is 116 Å². The number of benzene rings is 2. The van der Waals surface area contributed by atoms with E-state index in [2.05, 4.69) is 25.9 Å². The highest BCUT2D eigenvalue weighted by atomic mass is 19.4. The number of ketones is 1. The molecule has 0 aliphatic rings. The van der Waals surface area contributed by atoms with Crippen molar-refractivity contribution in [2.24, 2.45) is 0 Å². The van der Waals surface area contributed by atoms with Gasteiger partial charge in [0.05, 0.1) is 11.3 Å². The number of nitrogens with zero attached hydrogens (tertiary/aromatic N) is 3. The van der Waals surface area contributed by atoms with Gasteiger partial charge >= 0.3 is 6.18 Å². The predicted octanol–water partition coefficient (Wildman–Crippen LogP) is 3.61. The summed E-state index contributed by atoms with van der Waals surface area (Å²) < 4.78 is 41.0. The molecular weight excluding hydrogens is 465 g/mol. The van der Waals surface area contributed by atoms with Gasteiger partial charge in [0.15, 0.2) is 0 Å². The van der Waals surface area contributed by atoms with Gasteiger partial charge in [-0.3, -0.25) is 14.4 Å². The number of anilines is 4. The molecule has 0 unspecified atom stereocenters. The molecule has 12 heteroatoms. The molecule has 3 aromatic rings. The Balaban J connectivity index is 1.96. The van der Waals surface area contributed by atoms with Crippen LogP contribution >= 0.6 is 0 Å². The van der Waals surface area contributed by atoms with Crippen LogP contribution in [0.1, 0.15) is 26.3 Å². The van der Waals surface area contributed by atoms with Crippen LogP contribution in [0.25, 0.3) is 0 Å². The van der Waals surface area contributed by atoms with E-state index in [4.69, 9.17) is 0 Å². The van der Waals surface area contributed by atoms with Crippen molar-refractivity contribution >= 4 is 40.7 Å². The van der Waals surface area contributed by atoms with E-state index < -0.39 is 29.2 Å². The second-order valence-electron chi connectivity index (χ2n) is 7.43. The number of alkyl halides is 3. The summed E-state index contributed by atoms with van der Waals surface area (Å²) in [6.45, 7) is 0. The van der Waals surface area contributed by atoms with Gasteiger partial charge in [-0.05, 0) is 36.4 Å². The molecule has 0 aliphatic heterocycles. The standard InChI is InChI=1S/C23H21F3N6O3/c1-27-20(34)13-8-10-14(11-9-13)29-22-28-12-16(23(24,25)26)19(31-22)30-17-7-5-4-6-15(17)18(33)21(35)32(2)3/h4-12H,1-3H3,(H,27,34)(H2,28,29,30,31). The van der Waals surface area contributed by atoms with Crippen LogP contribution in [0.15, 0.2) is 54.7 Å². The fourth-order valence-electron chi connectivity index (χ4n) is 2.96. The van der Waals surface area contributed by atoms with Crippen molar-refractivity contribution in [3.8, 4) is 0 Å². The van der Waals surface area contributed by atoms with Gasteiger partial charge in [-0.2, -0.15) is 18.2 Å². The average Bonchev–Trinajstić information content (AvgIpc) is 2.82. The number of carbonyl (C=O) groups excluding carboxylic acids is 3. The Labute approximate surface area is 198 Å².